The number of halogens is 2. The summed E-state index contributed by atoms with van der Waals surface area (Å²) in [5, 5.41) is 0. The second kappa shape index (κ2) is 4.69. The van der Waals surface area contributed by atoms with Gasteiger partial charge in [0, 0.05) is 11.1 Å². The van der Waals surface area contributed by atoms with Crippen molar-refractivity contribution >= 4 is 5.78 Å². The molecule has 0 unspecified atom stereocenters. The SMILES string of the molecule is CC(=O)c1ccccc1-c1ccc(C)c(F)c1F. The summed E-state index contributed by atoms with van der Waals surface area (Å²) < 4.78 is 27.5. The highest BCUT2D eigenvalue weighted by molar-refractivity contribution is 6.00. The third kappa shape index (κ3) is 2.04. The van der Waals surface area contributed by atoms with Gasteiger partial charge in [0.1, 0.15) is 0 Å². The highest BCUT2D eigenvalue weighted by atomic mass is 19.2. The maximum atomic E-state index is 13.9. The summed E-state index contributed by atoms with van der Waals surface area (Å²) in [6, 6.07) is 9.61. The summed E-state index contributed by atoms with van der Waals surface area (Å²) in [4.78, 5) is 11.5. The maximum absolute atomic E-state index is 13.9. The molecular weight excluding hydrogens is 234 g/mol. The third-order valence-corrected chi connectivity index (χ3v) is 2.87. The van der Waals surface area contributed by atoms with Crippen LogP contribution in [0.5, 0.6) is 0 Å². The minimum Gasteiger partial charge on any atom is -0.294 e. The zero-order valence-electron chi connectivity index (χ0n) is 10.1. The highest BCUT2D eigenvalue weighted by Gasteiger charge is 2.16. The van der Waals surface area contributed by atoms with Gasteiger partial charge in [0.25, 0.3) is 0 Å². The first-order valence-electron chi connectivity index (χ1n) is 5.57. The first-order valence-corrected chi connectivity index (χ1v) is 5.57. The average Bonchev–Trinajstić information content (AvgIpc) is 2.36. The van der Waals surface area contributed by atoms with Crippen LogP contribution in [0.15, 0.2) is 36.4 Å². The van der Waals surface area contributed by atoms with Gasteiger partial charge in [0.15, 0.2) is 17.4 Å². The molecule has 2 rings (SSSR count). The van der Waals surface area contributed by atoms with E-state index in [4.69, 9.17) is 0 Å². The number of ketones is 1. The fourth-order valence-electron chi connectivity index (χ4n) is 1.88. The Morgan fingerprint density at radius 3 is 2.28 bits per heavy atom. The number of hydrogen-bond acceptors (Lipinski definition) is 1. The Balaban J connectivity index is 2.70. The number of carbonyl (C=O) groups excluding carboxylic acids is 1. The lowest BCUT2D eigenvalue weighted by Crippen LogP contribution is -1.99. The van der Waals surface area contributed by atoms with Crippen LogP contribution < -0.4 is 0 Å². The summed E-state index contributed by atoms with van der Waals surface area (Å²) in [6.45, 7) is 2.90. The van der Waals surface area contributed by atoms with Crippen molar-refractivity contribution in [2.24, 2.45) is 0 Å². The summed E-state index contributed by atoms with van der Waals surface area (Å²) in [6.07, 6.45) is 0. The van der Waals surface area contributed by atoms with Gasteiger partial charge in [0.2, 0.25) is 0 Å². The molecule has 2 aromatic carbocycles. The van der Waals surface area contributed by atoms with E-state index < -0.39 is 11.6 Å². The molecule has 0 spiro atoms. The fraction of sp³-hybridized carbons (Fsp3) is 0.133. The number of aryl methyl sites for hydroxylation is 1. The lowest BCUT2D eigenvalue weighted by atomic mass is 9.96. The van der Waals surface area contributed by atoms with E-state index >= 15 is 0 Å². The molecule has 0 heterocycles. The van der Waals surface area contributed by atoms with Gasteiger partial charge in [0.05, 0.1) is 0 Å². The van der Waals surface area contributed by atoms with Gasteiger partial charge in [-0.1, -0.05) is 36.4 Å². The van der Waals surface area contributed by atoms with Crippen molar-refractivity contribution in [3.8, 4) is 11.1 Å². The van der Waals surface area contributed by atoms with Gasteiger partial charge in [-0.2, -0.15) is 0 Å². The van der Waals surface area contributed by atoms with E-state index in [0.29, 0.717) is 11.1 Å². The Bertz CT molecular complexity index is 618. The topological polar surface area (TPSA) is 17.1 Å². The Hall–Kier alpha value is -2.03. The van der Waals surface area contributed by atoms with E-state index in [0.717, 1.165) is 0 Å². The second-order valence-electron chi connectivity index (χ2n) is 4.16. The molecule has 0 bridgehead atoms. The minimum atomic E-state index is -0.913. The molecule has 0 saturated heterocycles. The van der Waals surface area contributed by atoms with Crippen molar-refractivity contribution in [1.29, 1.82) is 0 Å². The molecule has 0 atom stereocenters. The largest absolute Gasteiger partial charge is 0.294 e. The molecule has 92 valence electrons. The molecule has 1 nitrogen and oxygen atoms in total. The lowest BCUT2D eigenvalue weighted by Gasteiger charge is -2.09. The van der Waals surface area contributed by atoms with E-state index in [1.807, 2.05) is 0 Å². The maximum Gasteiger partial charge on any atom is 0.166 e. The van der Waals surface area contributed by atoms with Crippen LogP contribution in [0.4, 0.5) is 8.78 Å². The van der Waals surface area contributed by atoms with Crippen LogP contribution in [-0.2, 0) is 0 Å². The Kier molecular flexibility index (Phi) is 3.24. The molecule has 3 heteroatoms. The number of hydrogen-bond donors (Lipinski definition) is 0. The van der Waals surface area contributed by atoms with E-state index in [1.54, 1.807) is 24.3 Å². The molecule has 18 heavy (non-hydrogen) atoms. The van der Waals surface area contributed by atoms with Gasteiger partial charge in [-0.25, -0.2) is 8.78 Å². The van der Waals surface area contributed by atoms with E-state index in [-0.39, 0.29) is 16.9 Å². The van der Waals surface area contributed by atoms with Crippen molar-refractivity contribution in [3.63, 3.8) is 0 Å². The summed E-state index contributed by atoms with van der Waals surface area (Å²) >= 11 is 0. The molecule has 0 aliphatic rings. The van der Waals surface area contributed by atoms with Crippen molar-refractivity contribution in [1.82, 2.24) is 0 Å². The molecule has 0 aliphatic heterocycles. The van der Waals surface area contributed by atoms with Crippen LogP contribution in [0, 0.1) is 18.6 Å². The summed E-state index contributed by atoms with van der Waals surface area (Å²) in [5.41, 5.74) is 1.17. The molecule has 0 amide bonds. The number of Topliss-reactive ketones (excluding diaryl/α,β-unsaturated/α-hetero) is 1. The highest BCUT2D eigenvalue weighted by Crippen LogP contribution is 2.29. The van der Waals surface area contributed by atoms with Crippen LogP contribution >= 0.6 is 0 Å². The van der Waals surface area contributed by atoms with E-state index in [9.17, 15) is 13.6 Å². The Morgan fingerprint density at radius 2 is 1.61 bits per heavy atom. The molecule has 0 saturated carbocycles. The van der Waals surface area contributed by atoms with Gasteiger partial charge < -0.3 is 0 Å². The smallest absolute Gasteiger partial charge is 0.166 e. The first kappa shape index (κ1) is 12.4. The summed E-state index contributed by atoms with van der Waals surface area (Å²) in [5.74, 6) is -1.96. The number of benzene rings is 2. The zero-order chi connectivity index (χ0) is 13.3. The standard InChI is InChI=1S/C15H12F2O/c1-9-7-8-13(15(17)14(9)16)12-6-4-3-5-11(12)10(2)18/h3-8H,1-2H3. The van der Waals surface area contributed by atoms with Crippen molar-refractivity contribution in [2.75, 3.05) is 0 Å². The van der Waals surface area contributed by atoms with Gasteiger partial charge in [-0.15, -0.1) is 0 Å². The first-order chi connectivity index (χ1) is 8.52. The Morgan fingerprint density at radius 1 is 0.944 bits per heavy atom. The number of carbonyl (C=O) groups is 1. The average molecular weight is 246 g/mol. The second-order valence-corrected chi connectivity index (χ2v) is 4.16. The van der Waals surface area contributed by atoms with Gasteiger partial charge >= 0.3 is 0 Å². The van der Waals surface area contributed by atoms with Crippen molar-refractivity contribution in [2.45, 2.75) is 13.8 Å². The van der Waals surface area contributed by atoms with Crippen LogP contribution in [0.1, 0.15) is 22.8 Å². The van der Waals surface area contributed by atoms with Crippen LogP contribution in [0.2, 0.25) is 0 Å². The monoisotopic (exact) mass is 246 g/mol. The van der Waals surface area contributed by atoms with E-state index in [1.165, 1.54) is 26.0 Å². The molecule has 0 fully saturated rings. The molecular formula is C15H12F2O. The van der Waals surface area contributed by atoms with Crippen LogP contribution in [-0.4, -0.2) is 5.78 Å². The molecule has 0 aromatic heterocycles. The molecule has 0 aliphatic carbocycles. The molecule has 2 aromatic rings. The van der Waals surface area contributed by atoms with Gasteiger partial charge in [-0.05, 0) is 25.0 Å². The van der Waals surface area contributed by atoms with Crippen molar-refractivity contribution in [3.05, 3.63) is 59.2 Å². The van der Waals surface area contributed by atoms with Crippen LogP contribution in [0.3, 0.4) is 0 Å². The fourth-order valence-corrected chi connectivity index (χ4v) is 1.88. The van der Waals surface area contributed by atoms with Crippen molar-refractivity contribution < 1.29 is 13.6 Å². The predicted octanol–water partition coefficient (Wildman–Crippen LogP) is 4.14. The predicted molar refractivity (Wildman–Crippen MR) is 66.5 cm³/mol. The van der Waals surface area contributed by atoms with Crippen LogP contribution in [0.25, 0.3) is 11.1 Å². The third-order valence-electron chi connectivity index (χ3n) is 2.87. The molecule has 0 N–H and O–H groups in total. The zero-order valence-corrected chi connectivity index (χ0v) is 10.1. The van der Waals surface area contributed by atoms with Gasteiger partial charge in [-0.3, -0.25) is 4.79 Å². The van der Waals surface area contributed by atoms with E-state index in [2.05, 4.69) is 0 Å². The quantitative estimate of drug-likeness (QED) is 0.728. The number of rotatable bonds is 2. The summed E-state index contributed by atoms with van der Waals surface area (Å²) in [7, 11) is 0. The molecule has 0 radical (unpaired) electrons. The minimum absolute atomic E-state index is 0.115. The Labute approximate surface area is 104 Å². The normalized spacial score (nSPS) is 10.4. The lowest BCUT2D eigenvalue weighted by molar-refractivity contribution is 0.101.